The number of halogens is 1. The predicted molar refractivity (Wildman–Crippen MR) is 81.9 cm³/mol. The fourth-order valence-electron chi connectivity index (χ4n) is 2.16. The molecular weight excluding hydrogens is 342 g/mol. The van der Waals surface area contributed by atoms with Crippen molar-refractivity contribution >= 4 is 39.6 Å². The number of rotatable bonds is 5. The third kappa shape index (κ3) is 3.99. The summed E-state index contributed by atoms with van der Waals surface area (Å²) in [5.74, 6) is -0.181. The fourth-order valence-corrected chi connectivity index (χ4v) is 3.54. The normalized spacial score (nSPS) is 15.0. The zero-order chi connectivity index (χ0) is 14.7. The van der Waals surface area contributed by atoms with E-state index in [2.05, 4.69) is 15.9 Å². The maximum absolute atomic E-state index is 12.0. The second kappa shape index (κ2) is 6.63. The Hall–Kier alpha value is -1.01. The van der Waals surface area contributed by atoms with Crippen LogP contribution in [0.15, 0.2) is 27.6 Å². The minimum absolute atomic E-state index is 0.0824. The lowest BCUT2D eigenvalue weighted by atomic mass is 9.96. The minimum Gasteiger partial charge on any atom is -0.481 e. The van der Waals surface area contributed by atoms with E-state index in [-0.39, 0.29) is 18.2 Å². The molecule has 0 unspecified atom stereocenters. The first-order valence-electron chi connectivity index (χ1n) is 6.34. The molecule has 0 bridgehead atoms. The maximum Gasteiger partial charge on any atom is 0.303 e. The van der Waals surface area contributed by atoms with Crippen LogP contribution in [-0.2, 0) is 9.59 Å². The van der Waals surface area contributed by atoms with E-state index in [9.17, 15) is 9.59 Å². The Morgan fingerprint density at radius 3 is 2.75 bits per heavy atom. The first kappa shape index (κ1) is 15.4. The number of thioether (sulfide) groups is 1. The lowest BCUT2D eigenvalue weighted by molar-refractivity contribution is -0.143. The highest BCUT2D eigenvalue weighted by Gasteiger charge is 2.31. The Balaban J connectivity index is 1.78. The zero-order valence-corrected chi connectivity index (χ0v) is 13.5. The second-order valence-electron chi connectivity index (χ2n) is 4.96. The summed E-state index contributed by atoms with van der Waals surface area (Å²) in [4.78, 5) is 25.3. The van der Waals surface area contributed by atoms with Gasteiger partial charge in [0, 0.05) is 28.4 Å². The molecule has 108 valence electrons. The number of carbonyl (C=O) groups excluding carboxylic acids is 1. The molecule has 20 heavy (non-hydrogen) atoms. The van der Waals surface area contributed by atoms with Crippen LogP contribution >= 0.6 is 27.7 Å². The van der Waals surface area contributed by atoms with E-state index >= 15 is 0 Å². The number of nitrogens with zero attached hydrogens (tertiary/aromatic N) is 1. The first-order chi connectivity index (χ1) is 9.45. The number of carboxylic acids is 1. The number of aryl methyl sites for hydroxylation is 1. The Bertz CT molecular complexity index is 529. The molecule has 1 amide bonds. The Morgan fingerprint density at radius 1 is 1.45 bits per heavy atom. The molecule has 1 fully saturated rings. The third-order valence-corrected chi connectivity index (χ3v) is 4.91. The molecule has 1 heterocycles. The van der Waals surface area contributed by atoms with Gasteiger partial charge < -0.3 is 10.0 Å². The monoisotopic (exact) mass is 357 g/mol. The predicted octanol–water partition coefficient (Wildman–Crippen LogP) is 2.78. The van der Waals surface area contributed by atoms with Gasteiger partial charge in [0.15, 0.2) is 0 Å². The maximum atomic E-state index is 12.0. The molecular formula is C14H16BrNO3S. The lowest BCUT2D eigenvalue weighted by Crippen LogP contribution is -2.51. The standard InChI is InChI=1S/C14H16BrNO3S/c1-9-4-11(15)2-3-12(9)20-8-13(17)16-6-10(7-16)5-14(18)19/h2-4,10H,5-8H2,1H3,(H,18,19). The number of carboxylic acid groups (broad SMARTS) is 1. The van der Waals surface area contributed by atoms with Crippen molar-refractivity contribution in [2.75, 3.05) is 18.8 Å². The van der Waals surface area contributed by atoms with Gasteiger partial charge in [-0.25, -0.2) is 0 Å². The molecule has 0 saturated carbocycles. The molecule has 1 aliphatic heterocycles. The van der Waals surface area contributed by atoms with Crippen LogP contribution in [0.5, 0.6) is 0 Å². The van der Waals surface area contributed by atoms with Crippen LogP contribution < -0.4 is 0 Å². The number of aliphatic carboxylic acids is 1. The first-order valence-corrected chi connectivity index (χ1v) is 8.12. The van der Waals surface area contributed by atoms with Gasteiger partial charge >= 0.3 is 5.97 Å². The summed E-state index contributed by atoms with van der Waals surface area (Å²) in [5.41, 5.74) is 1.14. The topological polar surface area (TPSA) is 57.6 Å². The van der Waals surface area contributed by atoms with E-state index in [1.165, 1.54) is 11.8 Å². The summed E-state index contributed by atoms with van der Waals surface area (Å²) in [5, 5.41) is 8.67. The highest BCUT2D eigenvalue weighted by atomic mass is 79.9. The van der Waals surface area contributed by atoms with E-state index < -0.39 is 5.97 Å². The van der Waals surface area contributed by atoms with Gasteiger partial charge in [0.1, 0.15) is 0 Å². The summed E-state index contributed by atoms with van der Waals surface area (Å²) < 4.78 is 1.03. The Morgan fingerprint density at radius 2 is 2.15 bits per heavy atom. The minimum atomic E-state index is -0.790. The van der Waals surface area contributed by atoms with Crippen LogP contribution in [0.4, 0.5) is 0 Å². The molecule has 1 aliphatic rings. The summed E-state index contributed by atoms with van der Waals surface area (Å²) >= 11 is 4.94. The van der Waals surface area contributed by atoms with Crippen molar-refractivity contribution < 1.29 is 14.7 Å². The van der Waals surface area contributed by atoms with E-state index in [1.54, 1.807) is 4.90 Å². The summed E-state index contributed by atoms with van der Waals surface area (Å²) in [6.07, 6.45) is 0.155. The van der Waals surface area contributed by atoms with Crippen molar-refractivity contribution in [1.29, 1.82) is 0 Å². The number of likely N-dealkylation sites (tertiary alicyclic amines) is 1. The van der Waals surface area contributed by atoms with Crippen molar-refractivity contribution in [3.63, 3.8) is 0 Å². The van der Waals surface area contributed by atoms with Crippen LogP contribution in [0.25, 0.3) is 0 Å². The quantitative estimate of drug-likeness (QED) is 0.823. The molecule has 4 nitrogen and oxygen atoms in total. The summed E-state index contributed by atoms with van der Waals surface area (Å²) in [6, 6.07) is 5.99. The van der Waals surface area contributed by atoms with Gasteiger partial charge in [-0.15, -0.1) is 11.8 Å². The van der Waals surface area contributed by atoms with Gasteiger partial charge in [-0.05, 0) is 30.7 Å². The fraction of sp³-hybridized carbons (Fsp3) is 0.429. The van der Waals surface area contributed by atoms with Gasteiger partial charge in [0.05, 0.1) is 12.2 Å². The molecule has 0 aliphatic carbocycles. The third-order valence-electron chi connectivity index (χ3n) is 3.26. The van der Waals surface area contributed by atoms with Crippen molar-refractivity contribution in [3.05, 3.63) is 28.2 Å². The lowest BCUT2D eigenvalue weighted by Gasteiger charge is -2.38. The molecule has 1 aromatic rings. The number of carbonyl (C=O) groups is 2. The molecule has 0 atom stereocenters. The van der Waals surface area contributed by atoms with Gasteiger partial charge in [-0.2, -0.15) is 0 Å². The van der Waals surface area contributed by atoms with Gasteiger partial charge in [0.2, 0.25) is 5.91 Å². The van der Waals surface area contributed by atoms with Gasteiger partial charge in [-0.1, -0.05) is 15.9 Å². The smallest absolute Gasteiger partial charge is 0.303 e. The number of benzene rings is 1. The van der Waals surface area contributed by atoms with E-state index in [1.807, 2.05) is 25.1 Å². The SMILES string of the molecule is Cc1cc(Br)ccc1SCC(=O)N1CC(CC(=O)O)C1. The average Bonchev–Trinajstić information content (AvgIpc) is 2.31. The largest absolute Gasteiger partial charge is 0.481 e. The molecule has 0 aromatic heterocycles. The Labute approximate surface area is 130 Å². The van der Waals surface area contributed by atoms with Crippen molar-refractivity contribution in [3.8, 4) is 0 Å². The highest BCUT2D eigenvalue weighted by molar-refractivity contribution is 9.10. The van der Waals surface area contributed by atoms with Crippen molar-refractivity contribution in [1.82, 2.24) is 4.90 Å². The molecule has 1 N–H and O–H groups in total. The van der Waals surface area contributed by atoms with Crippen LogP contribution in [0, 0.1) is 12.8 Å². The average molecular weight is 358 g/mol. The van der Waals surface area contributed by atoms with E-state index in [4.69, 9.17) is 5.11 Å². The van der Waals surface area contributed by atoms with E-state index in [0.717, 1.165) is 14.9 Å². The van der Waals surface area contributed by atoms with Crippen LogP contribution in [-0.4, -0.2) is 40.7 Å². The molecule has 1 aromatic carbocycles. The van der Waals surface area contributed by atoms with Gasteiger partial charge in [0.25, 0.3) is 0 Å². The molecule has 2 rings (SSSR count). The molecule has 6 heteroatoms. The van der Waals surface area contributed by atoms with Crippen molar-refractivity contribution in [2.24, 2.45) is 5.92 Å². The number of hydrogen-bond acceptors (Lipinski definition) is 3. The number of hydrogen-bond donors (Lipinski definition) is 1. The van der Waals surface area contributed by atoms with Crippen LogP contribution in [0.3, 0.4) is 0 Å². The second-order valence-corrected chi connectivity index (χ2v) is 6.89. The molecule has 1 saturated heterocycles. The van der Waals surface area contributed by atoms with Crippen LogP contribution in [0.1, 0.15) is 12.0 Å². The zero-order valence-electron chi connectivity index (χ0n) is 11.1. The molecule has 0 spiro atoms. The Kier molecular flexibility index (Phi) is 5.10. The molecule has 0 radical (unpaired) electrons. The highest BCUT2D eigenvalue weighted by Crippen LogP contribution is 2.27. The summed E-state index contributed by atoms with van der Waals surface area (Å²) in [6.45, 7) is 3.17. The van der Waals surface area contributed by atoms with E-state index in [0.29, 0.717) is 18.8 Å². The summed E-state index contributed by atoms with van der Waals surface area (Å²) in [7, 11) is 0. The van der Waals surface area contributed by atoms with Crippen LogP contribution in [0.2, 0.25) is 0 Å². The van der Waals surface area contributed by atoms with Gasteiger partial charge in [-0.3, -0.25) is 9.59 Å². The number of amides is 1. The van der Waals surface area contributed by atoms with Crippen molar-refractivity contribution in [2.45, 2.75) is 18.2 Å².